The summed E-state index contributed by atoms with van der Waals surface area (Å²) in [6.07, 6.45) is -3.28. The highest BCUT2D eigenvalue weighted by Gasteiger charge is 2.37. The van der Waals surface area contributed by atoms with Gasteiger partial charge in [-0.15, -0.1) is 0 Å². The van der Waals surface area contributed by atoms with Crippen molar-refractivity contribution in [3.63, 3.8) is 0 Å². The number of rotatable bonds is 9. The molecule has 0 atom stereocenters. The third kappa shape index (κ3) is 5.96. The molecule has 0 saturated heterocycles. The quantitative estimate of drug-likeness (QED) is 0.471. The van der Waals surface area contributed by atoms with E-state index in [9.17, 15) is 22.0 Å². The van der Waals surface area contributed by atoms with Gasteiger partial charge in [0.15, 0.2) is 18.2 Å². The molecule has 1 aromatic carbocycles. The third-order valence-electron chi connectivity index (χ3n) is 4.74. The van der Waals surface area contributed by atoms with Gasteiger partial charge in [-0.25, -0.2) is 13.2 Å². The van der Waals surface area contributed by atoms with Crippen molar-refractivity contribution in [3.05, 3.63) is 23.5 Å². The predicted molar refractivity (Wildman–Crippen MR) is 90.1 cm³/mol. The minimum atomic E-state index is -3.86. The Labute approximate surface area is 155 Å². The average molecular weight is 396 g/mol. The van der Waals surface area contributed by atoms with Crippen LogP contribution in [0.3, 0.4) is 0 Å². The summed E-state index contributed by atoms with van der Waals surface area (Å²) in [4.78, 5) is 0. The van der Waals surface area contributed by atoms with E-state index in [2.05, 4.69) is 11.7 Å². The van der Waals surface area contributed by atoms with Gasteiger partial charge < -0.3 is 14.2 Å². The molecule has 0 aromatic heterocycles. The lowest BCUT2D eigenvalue weighted by Gasteiger charge is -2.29. The Morgan fingerprint density at radius 2 is 1.70 bits per heavy atom. The Hall–Kier alpha value is -1.57. The summed E-state index contributed by atoms with van der Waals surface area (Å²) in [7, 11) is 0. The van der Waals surface area contributed by atoms with E-state index in [1.165, 1.54) is 0 Å². The van der Waals surface area contributed by atoms with Gasteiger partial charge in [0.25, 0.3) is 6.43 Å². The molecule has 154 valence electrons. The molecule has 0 radical (unpaired) electrons. The highest BCUT2D eigenvalue weighted by molar-refractivity contribution is 5.43. The molecule has 0 spiro atoms. The maximum atomic E-state index is 14.1. The van der Waals surface area contributed by atoms with E-state index in [1.807, 2.05) is 0 Å². The van der Waals surface area contributed by atoms with Gasteiger partial charge in [0.1, 0.15) is 5.75 Å². The molecule has 1 aliphatic rings. The fourth-order valence-electron chi connectivity index (χ4n) is 3.23. The van der Waals surface area contributed by atoms with Crippen molar-refractivity contribution in [2.75, 3.05) is 13.2 Å². The van der Waals surface area contributed by atoms with Gasteiger partial charge >= 0.3 is 6.11 Å². The fourth-order valence-corrected chi connectivity index (χ4v) is 3.23. The van der Waals surface area contributed by atoms with Crippen molar-refractivity contribution < 1.29 is 36.2 Å². The minimum Gasteiger partial charge on any atom is -0.491 e. The fraction of sp³-hybridized carbons (Fsp3) is 0.684. The molecule has 8 heteroatoms. The summed E-state index contributed by atoms with van der Waals surface area (Å²) >= 11 is 0. The number of ether oxygens (including phenoxy) is 3. The van der Waals surface area contributed by atoms with Gasteiger partial charge in [0.2, 0.25) is 0 Å². The van der Waals surface area contributed by atoms with Crippen molar-refractivity contribution in [3.8, 4) is 11.5 Å². The molecular weight excluding hydrogens is 371 g/mol. The molecule has 1 saturated carbocycles. The summed E-state index contributed by atoms with van der Waals surface area (Å²) in [5, 5.41) is 0. The Morgan fingerprint density at radius 1 is 1.07 bits per heavy atom. The Balaban J connectivity index is 2.02. The third-order valence-corrected chi connectivity index (χ3v) is 4.74. The molecular formula is C19H25F5O3. The van der Waals surface area contributed by atoms with E-state index in [0.717, 1.165) is 31.4 Å². The first kappa shape index (κ1) is 21.7. The zero-order valence-corrected chi connectivity index (χ0v) is 15.5. The van der Waals surface area contributed by atoms with Crippen LogP contribution in [0.1, 0.15) is 57.9 Å². The van der Waals surface area contributed by atoms with Gasteiger partial charge in [-0.1, -0.05) is 13.3 Å². The van der Waals surface area contributed by atoms with Gasteiger partial charge in [0, 0.05) is 0 Å². The van der Waals surface area contributed by atoms with Crippen LogP contribution in [0.5, 0.6) is 11.5 Å². The molecule has 1 aromatic rings. The van der Waals surface area contributed by atoms with Gasteiger partial charge in [-0.05, 0) is 50.7 Å². The molecule has 3 nitrogen and oxygen atoms in total. The van der Waals surface area contributed by atoms with E-state index in [1.54, 1.807) is 6.92 Å². The smallest absolute Gasteiger partial charge is 0.421 e. The van der Waals surface area contributed by atoms with Crippen molar-refractivity contribution in [1.82, 2.24) is 0 Å². The normalized spacial score (nSPS) is 20.7. The van der Waals surface area contributed by atoms with Crippen LogP contribution in [-0.4, -0.2) is 25.4 Å². The van der Waals surface area contributed by atoms with E-state index >= 15 is 0 Å². The summed E-state index contributed by atoms with van der Waals surface area (Å²) in [5.41, 5.74) is -1.25. The molecule has 2 rings (SSSR count). The number of halogens is 5. The number of alkyl halides is 4. The van der Waals surface area contributed by atoms with Crippen molar-refractivity contribution in [2.24, 2.45) is 5.92 Å². The Bertz CT molecular complexity index is 601. The molecule has 1 aliphatic carbocycles. The van der Waals surface area contributed by atoms with Gasteiger partial charge in [-0.2, -0.15) is 8.78 Å². The second kappa shape index (κ2) is 9.57. The highest BCUT2D eigenvalue weighted by Crippen LogP contribution is 2.38. The van der Waals surface area contributed by atoms with Crippen molar-refractivity contribution in [2.45, 2.75) is 64.6 Å². The van der Waals surface area contributed by atoms with Gasteiger partial charge in [-0.3, -0.25) is 0 Å². The van der Waals surface area contributed by atoms with Crippen LogP contribution in [0.15, 0.2) is 12.1 Å². The lowest BCUT2D eigenvalue weighted by Crippen LogP contribution is -2.34. The standard InChI is InChI=1S/C19H25F5O3/c1-3-12-5-7-13(8-6-12)26-11-19(23,24)27-14-9-10-15(25-4-2)17(20)16(14)18(21)22/h9-10,12-13,18H,3-8,11H2,1-2H3. The lowest BCUT2D eigenvalue weighted by molar-refractivity contribution is -0.223. The van der Waals surface area contributed by atoms with Crippen LogP contribution >= 0.6 is 0 Å². The molecule has 0 heterocycles. The molecule has 1 fully saturated rings. The second-order valence-electron chi connectivity index (χ2n) is 6.62. The molecule has 0 unspecified atom stereocenters. The summed E-state index contributed by atoms with van der Waals surface area (Å²) < 4.78 is 83.2. The van der Waals surface area contributed by atoms with Crippen LogP contribution in [0.2, 0.25) is 0 Å². The number of hydrogen-bond acceptors (Lipinski definition) is 3. The van der Waals surface area contributed by atoms with Crippen LogP contribution in [0.25, 0.3) is 0 Å². The first-order valence-electron chi connectivity index (χ1n) is 9.19. The second-order valence-corrected chi connectivity index (χ2v) is 6.62. The molecule has 27 heavy (non-hydrogen) atoms. The lowest BCUT2D eigenvalue weighted by atomic mass is 9.86. The van der Waals surface area contributed by atoms with Crippen molar-refractivity contribution in [1.29, 1.82) is 0 Å². The Kier molecular flexibility index (Phi) is 7.70. The zero-order chi connectivity index (χ0) is 20.0. The summed E-state index contributed by atoms with van der Waals surface area (Å²) in [6.45, 7) is 2.60. The SMILES string of the molecule is CCOc1ccc(OC(F)(F)COC2CCC(CC)CC2)c(C(F)F)c1F. The molecule has 0 bridgehead atoms. The van der Waals surface area contributed by atoms with Gasteiger partial charge in [0.05, 0.1) is 18.3 Å². The minimum absolute atomic E-state index is 0.0457. The number of hydrogen-bond donors (Lipinski definition) is 0. The summed E-state index contributed by atoms with van der Waals surface area (Å²) in [5.74, 6) is -2.18. The van der Waals surface area contributed by atoms with Crippen LogP contribution in [0.4, 0.5) is 22.0 Å². The maximum absolute atomic E-state index is 14.1. The predicted octanol–water partition coefficient (Wildman–Crippen LogP) is 6.12. The molecule has 0 N–H and O–H groups in total. The molecule has 0 aliphatic heterocycles. The first-order chi connectivity index (χ1) is 12.8. The van der Waals surface area contributed by atoms with Crippen LogP contribution < -0.4 is 9.47 Å². The topological polar surface area (TPSA) is 27.7 Å². The van der Waals surface area contributed by atoms with Crippen LogP contribution in [0, 0.1) is 11.7 Å². The Morgan fingerprint density at radius 3 is 2.26 bits per heavy atom. The summed E-state index contributed by atoms with van der Waals surface area (Å²) in [6, 6.07) is 1.85. The van der Waals surface area contributed by atoms with E-state index < -0.39 is 42.0 Å². The van der Waals surface area contributed by atoms with Crippen LogP contribution in [-0.2, 0) is 4.74 Å². The van der Waals surface area contributed by atoms with E-state index in [-0.39, 0.29) is 12.7 Å². The first-order valence-corrected chi connectivity index (χ1v) is 9.19. The zero-order valence-electron chi connectivity index (χ0n) is 15.5. The average Bonchev–Trinajstić information content (AvgIpc) is 2.62. The largest absolute Gasteiger partial charge is 0.491 e. The number of benzene rings is 1. The molecule has 0 amide bonds. The van der Waals surface area contributed by atoms with E-state index in [4.69, 9.17) is 9.47 Å². The maximum Gasteiger partial charge on any atom is 0.421 e. The highest BCUT2D eigenvalue weighted by atomic mass is 19.3. The van der Waals surface area contributed by atoms with Crippen molar-refractivity contribution >= 4 is 0 Å². The van der Waals surface area contributed by atoms with E-state index in [0.29, 0.717) is 18.8 Å². The monoisotopic (exact) mass is 396 g/mol.